The molecule has 4 nitrogen and oxygen atoms in total. The molecule has 108 valence electrons. The molecule has 0 spiro atoms. The second-order valence-electron chi connectivity index (χ2n) is 4.57. The van der Waals surface area contributed by atoms with E-state index in [9.17, 15) is 5.11 Å². The van der Waals surface area contributed by atoms with E-state index >= 15 is 0 Å². The summed E-state index contributed by atoms with van der Waals surface area (Å²) < 4.78 is 2.52. The SMILES string of the molecule is C=CCN(Cc1ccc(Cl)s1)CC(O)Cn1cccn1. The van der Waals surface area contributed by atoms with Gasteiger partial charge in [-0.15, -0.1) is 17.9 Å². The van der Waals surface area contributed by atoms with Gasteiger partial charge in [0.2, 0.25) is 0 Å². The van der Waals surface area contributed by atoms with Crippen molar-refractivity contribution < 1.29 is 5.11 Å². The van der Waals surface area contributed by atoms with Crippen molar-refractivity contribution in [2.75, 3.05) is 13.1 Å². The van der Waals surface area contributed by atoms with Crippen LogP contribution >= 0.6 is 22.9 Å². The molecule has 1 N–H and O–H groups in total. The zero-order chi connectivity index (χ0) is 14.4. The number of rotatable bonds is 8. The average molecular weight is 312 g/mol. The second-order valence-corrected chi connectivity index (χ2v) is 6.37. The number of hydrogen-bond donors (Lipinski definition) is 1. The lowest BCUT2D eigenvalue weighted by Crippen LogP contribution is -2.34. The first-order chi connectivity index (χ1) is 9.67. The molecule has 0 aromatic carbocycles. The first-order valence-electron chi connectivity index (χ1n) is 6.40. The van der Waals surface area contributed by atoms with Crippen molar-refractivity contribution in [3.05, 3.63) is 52.5 Å². The topological polar surface area (TPSA) is 41.3 Å². The number of thiophene rings is 1. The number of nitrogens with zero attached hydrogens (tertiary/aromatic N) is 3. The van der Waals surface area contributed by atoms with Crippen LogP contribution in [0.25, 0.3) is 0 Å². The fourth-order valence-electron chi connectivity index (χ4n) is 2.02. The predicted octanol–water partition coefficient (Wildman–Crippen LogP) is 2.65. The number of aromatic nitrogens is 2. The molecule has 0 aliphatic carbocycles. The summed E-state index contributed by atoms with van der Waals surface area (Å²) in [5.74, 6) is 0. The van der Waals surface area contributed by atoms with Crippen LogP contribution in [0.15, 0.2) is 43.2 Å². The van der Waals surface area contributed by atoms with Gasteiger partial charge in [-0.2, -0.15) is 5.10 Å². The minimum absolute atomic E-state index is 0.467. The van der Waals surface area contributed by atoms with E-state index in [1.807, 2.05) is 30.5 Å². The van der Waals surface area contributed by atoms with Crippen LogP contribution in [0.4, 0.5) is 0 Å². The molecule has 20 heavy (non-hydrogen) atoms. The lowest BCUT2D eigenvalue weighted by molar-refractivity contribution is 0.0975. The third-order valence-corrected chi connectivity index (χ3v) is 4.04. The highest BCUT2D eigenvalue weighted by Gasteiger charge is 2.13. The monoisotopic (exact) mass is 311 g/mol. The highest BCUT2D eigenvalue weighted by molar-refractivity contribution is 7.16. The van der Waals surface area contributed by atoms with Crippen molar-refractivity contribution in [1.82, 2.24) is 14.7 Å². The molecule has 1 atom stereocenters. The molecule has 2 rings (SSSR count). The van der Waals surface area contributed by atoms with Gasteiger partial charge in [0, 0.05) is 36.9 Å². The molecule has 0 bridgehead atoms. The maximum Gasteiger partial charge on any atom is 0.0931 e. The number of aliphatic hydroxyl groups excluding tert-OH is 1. The van der Waals surface area contributed by atoms with Crippen LogP contribution in [-0.2, 0) is 13.1 Å². The number of aliphatic hydroxyl groups is 1. The van der Waals surface area contributed by atoms with E-state index in [-0.39, 0.29) is 0 Å². The van der Waals surface area contributed by atoms with E-state index in [0.29, 0.717) is 13.1 Å². The third kappa shape index (κ3) is 4.76. The molecule has 0 fully saturated rings. The van der Waals surface area contributed by atoms with Gasteiger partial charge in [-0.3, -0.25) is 9.58 Å². The smallest absolute Gasteiger partial charge is 0.0931 e. The highest BCUT2D eigenvalue weighted by atomic mass is 35.5. The van der Waals surface area contributed by atoms with Gasteiger partial charge in [0.05, 0.1) is 17.0 Å². The first-order valence-corrected chi connectivity index (χ1v) is 7.60. The molecular formula is C14H18ClN3OS. The van der Waals surface area contributed by atoms with Crippen LogP contribution in [0.1, 0.15) is 4.88 Å². The van der Waals surface area contributed by atoms with E-state index < -0.39 is 6.10 Å². The largest absolute Gasteiger partial charge is 0.390 e. The normalized spacial score (nSPS) is 12.8. The zero-order valence-electron chi connectivity index (χ0n) is 11.2. The Morgan fingerprint density at radius 1 is 1.55 bits per heavy atom. The van der Waals surface area contributed by atoms with E-state index in [0.717, 1.165) is 17.4 Å². The number of halogens is 1. The molecule has 0 saturated heterocycles. The lowest BCUT2D eigenvalue weighted by atomic mass is 10.3. The van der Waals surface area contributed by atoms with Crippen LogP contribution in [0.5, 0.6) is 0 Å². The van der Waals surface area contributed by atoms with E-state index in [1.54, 1.807) is 22.2 Å². The van der Waals surface area contributed by atoms with Crippen molar-refractivity contribution in [3.63, 3.8) is 0 Å². The summed E-state index contributed by atoms with van der Waals surface area (Å²) in [6.07, 6.45) is 4.93. The van der Waals surface area contributed by atoms with E-state index in [4.69, 9.17) is 11.6 Å². The Bertz CT molecular complexity index is 526. The van der Waals surface area contributed by atoms with Crippen molar-refractivity contribution in [3.8, 4) is 0 Å². The predicted molar refractivity (Wildman–Crippen MR) is 83.0 cm³/mol. The minimum atomic E-state index is -0.467. The molecule has 0 aliphatic heterocycles. The maximum atomic E-state index is 10.1. The molecule has 0 saturated carbocycles. The minimum Gasteiger partial charge on any atom is -0.390 e. The summed E-state index contributed by atoms with van der Waals surface area (Å²) in [5.41, 5.74) is 0. The van der Waals surface area contributed by atoms with Gasteiger partial charge in [0.1, 0.15) is 0 Å². The van der Waals surface area contributed by atoms with Crippen LogP contribution in [0.3, 0.4) is 0 Å². The summed E-state index contributed by atoms with van der Waals surface area (Å²) in [5, 5.41) is 14.2. The molecule has 0 radical (unpaired) electrons. The standard InChI is InChI=1S/C14H18ClN3OS/c1-2-7-17(11-13-4-5-14(15)20-13)9-12(19)10-18-8-3-6-16-18/h2-6,8,12,19H,1,7,9-11H2. The van der Waals surface area contributed by atoms with Gasteiger partial charge in [0.15, 0.2) is 0 Å². The van der Waals surface area contributed by atoms with Gasteiger partial charge in [0.25, 0.3) is 0 Å². The molecule has 6 heteroatoms. The Labute approximate surface area is 127 Å². The summed E-state index contributed by atoms with van der Waals surface area (Å²) in [6.45, 7) is 6.32. The summed E-state index contributed by atoms with van der Waals surface area (Å²) in [6, 6.07) is 5.76. The first kappa shape index (κ1) is 15.3. The Morgan fingerprint density at radius 2 is 2.40 bits per heavy atom. The fourth-order valence-corrected chi connectivity index (χ4v) is 3.15. The molecule has 0 amide bonds. The van der Waals surface area contributed by atoms with Crippen LogP contribution < -0.4 is 0 Å². The van der Waals surface area contributed by atoms with Gasteiger partial charge < -0.3 is 5.11 Å². The molecule has 2 heterocycles. The Kier molecular flexibility index (Phi) is 5.79. The van der Waals surface area contributed by atoms with Crippen LogP contribution in [-0.4, -0.2) is 39.0 Å². The van der Waals surface area contributed by atoms with Crippen molar-refractivity contribution in [1.29, 1.82) is 0 Å². The molecule has 1 unspecified atom stereocenters. The Hall–Kier alpha value is -1.14. The molecule has 2 aromatic heterocycles. The van der Waals surface area contributed by atoms with Gasteiger partial charge >= 0.3 is 0 Å². The summed E-state index contributed by atoms with van der Waals surface area (Å²) >= 11 is 7.50. The van der Waals surface area contributed by atoms with E-state index in [1.165, 1.54) is 4.88 Å². The third-order valence-electron chi connectivity index (χ3n) is 2.82. The molecule has 2 aromatic rings. The van der Waals surface area contributed by atoms with Gasteiger partial charge in [-0.1, -0.05) is 17.7 Å². The van der Waals surface area contributed by atoms with Gasteiger partial charge in [-0.25, -0.2) is 0 Å². The van der Waals surface area contributed by atoms with Crippen molar-refractivity contribution >= 4 is 22.9 Å². The number of hydrogen-bond acceptors (Lipinski definition) is 4. The Balaban J connectivity index is 1.89. The van der Waals surface area contributed by atoms with Crippen molar-refractivity contribution in [2.45, 2.75) is 19.2 Å². The van der Waals surface area contributed by atoms with E-state index in [2.05, 4.69) is 16.6 Å². The lowest BCUT2D eigenvalue weighted by Gasteiger charge is -2.23. The quantitative estimate of drug-likeness (QED) is 0.762. The molecule has 0 aliphatic rings. The Morgan fingerprint density at radius 3 is 3.00 bits per heavy atom. The average Bonchev–Trinajstić information content (AvgIpc) is 3.01. The van der Waals surface area contributed by atoms with Crippen LogP contribution in [0.2, 0.25) is 4.34 Å². The molecular weight excluding hydrogens is 294 g/mol. The highest BCUT2D eigenvalue weighted by Crippen LogP contribution is 2.22. The summed E-state index contributed by atoms with van der Waals surface area (Å²) in [7, 11) is 0. The maximum absolute atomic E-state index is 10.1. The van der Waals surface area contributed by atoms with Crippen LogP contribution in [0, 0.1) is 0 Å². The second kappa shape index (κ2) is 7.59. The fraction of sp³-hybridized carbons (Fsp3) is 0.357. The van der Waals surface area contributed by atoms with Crippen molar-refractivity contribution in [2.24, 2.45) is 0 Å². The van der Waals surface area contributed by atoms with Gasteiger partial charge in [-0.05, 0) is 18.2 Å². The summed E-state index contributed by atoms with van der Waals surface area (Å²) in [4.78, 5) is 3.33. The zero-order valence-corrected chi connectivity index (χ0v) is 12.7.